The summed E-state index contributed by atoms with van der Waals surface area (Å²) in [4.78, 5) is 4.36. The molecule has 0 unspecified atom stereocenters. The molecule has 0 radical (unpaired) electrons. The summed E-state index contributed by atoms with van der Waals surface area (Å²) >= 11 is 12.1. The van der Waals surface area contributed by atoms with E-state index in [1.165, 1.54) is 0 Å². The SMILES string of the molecule is CNc1nc(-c2cc(Cl)ccc2Cl)ccc1C#N. The molecule has 0 spiro atoms. The lowest BCUT2D eigenvalue weighted by Crippen LogP contribution is -1.97. The molecule has 0 aliphatic carbocycles. The molecule has 0 fully saturated rings. The number of nitrogens with zero attached hydrogens (tertiary/aromatic N) is 2. The minimum Gasteiger partial charge on any atom is -0.372 e. The zero-order valence-corrected chi connectivity index (χ0v) is 11.0. The lowest BCUT2D eigenvalue weighted by molar-refractivity contribution is 1.27. The highest BCUT2D eigenvalue weighted by Crippen LogP contribution is 2.30. The van der Waals surface area contributed by atoms with Gasteiger partial charge in [0.25, 0.3) is 0 Å². The number of nitriles is 1. The second kappa shape index (κ2) is 5.26. The molecule has 0 atom stereocenters. The van der Waals surface area contributed by atoms with Crippen LogP contribution in [-0.4, -0.2) is 12.0 Å². The molecule has 0 saturated carbocycles. The summed E-state index contributed by atoms with van der Waals surface area (Å²) < 4.78 is 0. The summed E-state index contributed by atoms with van der Waals surface area (Å²) in [6, 6.07) is 10.7. The van der Waals surface area contributed by atoms with Gasteiger partial charge < -0.3 is 5.32 Å². The standard InChI is InChI=1S/C13H9Cl2N3/c1-17-13-8(7-16)2-5-12(18-13)10-6-9(14)3-4-11(10)15/h2-6H,1H3,(H,17,18). The maximum absolute atomic E-state index is 8.93. The van der Waals surface area contributed by atoms with Crippen molar-refractivity contribution in [2.45, 2.75) is 0 Å². The largest absolute Gasteiger partial charge is 0.372 e. The lowest BCUT2D eigenvalue weighted by Gasteiger charge is -2.08. The van der Waals surface area contributed by atoms with Crippen LogP contribution in [0.4, 0.5) is 5.82 Å². The van der Waals surface area contributed by atoms with Gasteiger partial charge in [-0.1, -0.05) is 23.2 Å². The van der Waals surface area contributed by atoms with E-state index >= 15 is 0 Å². The highest BCUT2D eigenvalue weighted by Gasteiger charge is 2.09. The summed E-state index contributed by atoms with van der Waals surface area (Å²) in [6.07, 6.45) is 0. The van der Waals surface area contributed by atoms with Crippen molar-refractivity contribution in [2.75, 3.05) is 12.4 Å². The number of hydrogen-bond donors (Lipinski definition) is 1. The number of aromatic nitrogens is 1. The van der Waals surface area contributed by atoms with Crippen molar-refractivity contribution in [3.63, 3.8) is 0 Å². The minimum absolute atomic E-state index is 0.486. The number of halogens is 2. The quantitative estimate of drug-likeness (QED) is 0.904. The third-order valence-corrected chi connectivity index (χ3v) is 3.02. The Morgan fingerprint density at radius 2 is 2.00 bits per heavy atom. The van der Waals surface area contributed by atoms with Gasteiger partial charge in [-0.25, -0.2) is 4.98 Å². The molecule has 5 heteroatoms. The Labute approximate surface area is 115 Å². The van der Waals surface area contributed by atoms with Gasteiger partial charge in [-0.3, -0.25) is 0 Å². The fourth-order valence-corrected chi connectivity index (χ4v) is 1.97. The monoisotopic (exact) mass is 277 g/mol. The highest BCUT2D eigenvalue weighted by molar-refractivity contribution is 6.35. The van der Waals surface area contributed by atoms with Gasteiger partial charge in [0.05, 0.1) is 16.3 Å². The molecule has 2 aromatic rings. The van der Waals surface area contributed by atoms with Gasteiger partial charge in [0.1, 0.15) is 11.9 Å². The molecule has 0 bridgehead atoms. The zero-order valence-electron chi connectivity index (χ0n) is 9.54. The summed E-state index contributed by atoms with van der Waals surface area (Å²) in [7, 11) is 1.71. The Balaban J connectivity index is 2.58. The summed E-state index contributed by atoms with van der Waals surface area (Å²) in [5.74, 6) is 0.519. The van der Waals surface area contributed by atoms with E-state index in [0.29, 0.717) is 27.1 Å². The van der Waals surface area contributed by atoms with Crippen LogP contribution in [0.3, 0.4) is 0 Å². The summed E-state index contributed by atoms with van der Waals surface area (Å²) in [5.41, 5.74) is 1.90. The van der Waals surface area contributed by atoms with Crippen LogP contribution in [0.5, 0.6) is 0 Å². The van der Waals surface area contributed by atoms with Crippen molar-refractivity contribution in [1.29, 1.82) is 5.26 Å². The fourth-order valence-electron chi connectivity index (χ4n) is 1.58. The van der Waals surface area contributed by atoms with E-state index in [0.717, 1.165) is 5.56 Å². The van der Waals surface area contributed by atoms with Crippen LogP contribution in [0.25, 0.3) is 11.3 Å². The van der Waals surface area contributed by atoms with E-state index in [-0.39, 0.29) is 0 Å². The predicted molar refractivity (Wildman–Crippen MR) is 74.0 cm³/mol. The number of pyridine rings is 1. The molecule has 1 aromatic heterocycles. The van der Waals surface area contributed by atoms with Crippen molar-refractivity contribution < 1.29 is 0 Å². The van der Waals surface area contributed by atoms with Gasteiger partial charge in [0.2, 0.25) is 0 Å². The number of rotatable bonds is 2. The van der Waals surface area contributed by atoms with Gasteiger partial charge in [-0.2, -0.15) is 5.26 Å². The molecule has 0 saturated heterocycles. The summed E-state index contributed by atoms with van der Waals surface area (Å²) in [6.45, 7) is 0. The molecule has 1 aromatic carbocycles. The normalized spacial score (nSPS) is 9.89. The molecule has 90 valence electrons. The van der Waals surface area contributed by atoms with Gasteiger partial charge in [0.15, 0.2) is 0 Å². The van der Waals surface area contributed by atoms with Gasteiger partial charge in [-0.05, 0) is 30.3 Å². The van der Waals surface area contributed by atoms with E-state index < -0.39 is 0 Å². The summed E-state index contributed by atoms with van der Waals surface area (Å²) in [5, 5.41) is 13.0. The molecule has 1 heterocycles. The lowest BCUT2D eigenvalue weighted by atomic mass is 10.1. The maximum atomic E-state index is 8.93. The Bertz CT molecular complexity index is 633. The Hall–Kier alpha value is -1.76. The second-order valence-corrected chi connectivity index (χ2v) is 4.42. The van der Waals surface area contributed by atoms with E-state index in [9.17, 15) is 0 Å². The first-order valence-electron chi connectivity index (χ1n) is 5.20. The van der Waals surface area contributed by atoms with Crippen LogP contribution >= 0.6 is 23.2 Å². The van der Waals surface area contributed by atoms with Crippen LogP contribution in [-0.2, 0) is 0 Å². The highest BCUT2D eigenvalue weighted by atomic mass is 35.5. The smallest absolute Gasteiger partial charge is 0.144 e. The average molecular weight is 278 g/mol. The first-order valence-corrected chi connectivity index (χ1v) is 5.95. The Morgan fingerprint density at radius 3 is 2.67 bits per heavy atom. The molecule has 0 amide bonds. The van der Waals surface area contributed by atoms with Crippen LogP contribution in [0.15, 0.2) is 30.3 Å². The Morgan fingerprint density at radius 1 is 1.22 bits per heavy atom. The minimum atomic E-state index is 0.486. The number of benzene rings is 1. The van der Waals surface area contributed by atoms with E-state index in [4.69, 9.17) is 28.5 Å². The molecule has 3 nitrogen and oxygen atoms in total. The predicted octanol–water partition coefficient (Wildman–Crippen LogP) is 3.97. The third-order valence-electron chi connectivity index (χ3n) is 2.46. The van der Waals surface area contributed by atoms with Crippen LogP contribution in [0, 0.1) is 11.3 Å². The first-order chi connectivity index (χ1) is 8.65. The number of nitrogens with one attached hydrogen (secondary N) is 1. The average Bonchev–Trinajstić information content (AvgIpc) is 2.40. The van der Waals surface area contributed by atoms with E-state index in [2.05, 4.69) is 16.4 Å². The number of hydrogen-bond acceptors (Lipinski definition) is 3. The molecule has 0 aliphatic heterocycles. The van der Waals surface area contributed by atoms with Crippen molar-refractivity contribution >= 4 is 29.0 Å². The zero-order chi connectivity index (χ0) is 13.1. The first kappa shape index (κ1) is 12.7. The van der Waals surface area contributed by atoms with Gasteiger partial charge in [0, 0.05) is 17.6 Å². The number of anilines is 1. The van der Waals surface area contributed by atoms with Gasteiger partial charge in [-0.15, -0.1) is 0 Å². The van der Waals surface area contributed by atoms with Gasteiger partial charge >= 0.3 is 0 Å². The van der Waals surface area contributed by atoms with Crippen molar-refractivity contribution in [3.8, 4) is 17.3 Å². The molecular weight excluding hydrogens is 269 g/mol. The topological polar surface area (TPSA) is 48.7 Å². The molecule has 0 aliphatic rings. The maximum Gasteiger partial charge on any atom is 0.144 e. The fraction of sp³-hybridized carbons (Fsp3) is 0.0769. The van der Waals surface area contributed by atoms with Crippen LogP contribution in [0.1, 0.15) is 5.56 Å². The van der Waals surface area contributed by atoms with Crippen molar-refractivity contribution in [2.24, 2.45) is 0 Å². The second-order valence-electron chi connectivity index (χ2n) is 3.58. The van der Waals surface area contributed by atoms with Crippen molar-refractivity contribution in [3.05, 3.63) is 45.9 Å². The van der Waals surface area contributed by atoms with Crippen LogP contribution in [0.2, 0.25) is 10.0 Å². The van der Waals surface area contributed by atoms with Crippen molar-refractivity contribution in [1.82, 2.24) is 4.98 Å². The molecule has 1 N–H and O–H groups in total. The van der Waals surface area contributed by atoms with Crippen LogP contribution < -0.4 is 5.32 Å². The van der Waals surface area contributed by atoms with E-state index in [1.807, 2.05) is 0 Å². The molecule has 2 rings (SSSR count). The van der Waals surface area contributed by atoms with E-state index in [1.54, 1.807) is 37.4 Å². The molecule has 18 heavy (non-hydrogen) atoms. The third kappa shape index (κ3) is 2.40. The Kier molecular flexibility index (Phi) is 3.71. The molecular formula is C13H9Cl2N3.